The largest absolute Gasteiger partial charge is 0.471 e. The highest BCUT2D eigenvalue weighted by atomic mass is 32.2. The molecule has 5 unspecified atom stereocenters. The minimum atomic E-state index is -4.00. The molecule has 3 N–H and O–H groups in total. The number of alkyl carbamates (subject to hydrolysis) is 1. The zero-order valence-electron chi connectivity index (χ0n) is 36.3. The number of carbonyl (C=O) groups excluding carboxylic acids is 4. The topological polar surface area (TPSA) is 199 Å². The number of benzene rings is 1. The van der Waals surface area contributed by atoms with Crippen molar-refractivity contribution >= 4 is 56.2 Å². The number of ether oxygens (including phenoxy) is 2. The average Bonchev–Trinajstić information content (AvgIpc) is 3.99. The van der Waals surface area contributed by atoms with E-state index >= 15 is 0 Å². The first-order chi connectivity index (χ1) is 29.4. The molecule has 334 valence electrons. The fourth-order valence-corrected chi connectivity index (χ4v) is 11.2. The van der Waals surface area contributed by atoms with Gasteiger partial charge < -0.3 is 25.0 Å². The molecule has 8 rings (SSSR count). The predicted octanol–water partition coefficient (Wildman–Crippen LogP) is 6.74. The van der Waals surface area contributed by atoms with Gasteiger partial charge >= 0.3 is 6.09 Å². The van der Waals surface area contributed by atoms with Crippen LogP contribution in [0.2, 0.25) is 0 Å². The van der Waals surface area contributed by atoms with Crippen LogP contribution < -0.4 is 20.1 Å². The molecule has 2 aromatic heterocycles. The fourth-order valence-electron chi connectivity index (χ4n) is 8.98. The molecule has 4 amide bonds. The number of nitrogens with one attached hydrogen (secondary N) is 3. The van der Waals surface area contributed by atoms with Crippen molar-refractivity contribution in [3.05, 3.63) is 47.1 Å². The molecule has 3 aromatic rings. The van der Waals surface area contributed by atoms with E-state index in [0.29, 0.717) is 54.7 Å². The zero-order chi connectivity index (χ0) is 44.0. The quantitative estimate of drug-likeness (QED) is 0.202. The van der Waals surface area contributed by atoms with E-state index in [9.17, 15) is 27.6 Å². The number of rotatable bonds is 8. The van der Waals surface area contributed by atoms with Crippen molar-refractivity contribution in [2.24, 2.45) is 5.92 Å². The number of allylic oxidation sites excluding steroid dienone is 1. The second-order valence-electron chi connectivity index (χ2n) is 19.1. The van der Waals surface area contributed by atoms with Gasteiger partial charge in [-0.05, 0) is 98.1 Å². The van der Waals surface area contributed by atoms with Gasteiger partial charge in [-0.2, -0.15) is 0 Å². The molecule has 0 spiro atoms. The highest BCUT2D eigenvalue weighted by Gasteiger charge is 2.63. The van der Waals surface area contributed by atoms with E-state index in [1.54, 1.807) is 46.0 Å². The summed E-state index contributed by atoms with van der Waals surface area (Å²) in [5, 5.41) is 8.69. The molecular formula is C45H59N7O8S2. The van der Waals surface area contributed by atoms with Crippen molar-refractivity contribution in [1.29, 1.82) is 0 Å². The minimum absolute atomic E-state index is 0.0310. The number of sulfonamides is 1. The van der Waals surface area contributed by atoms with Crippen molar-refractivity contribution in [2.75, 3.05) is 6.54 Å². The number of fused-ring (bicyclic) bond motifs is 3. The van der Waals surface area contributed by atoms with Gasteiger partial charge in [0, 0.05) is 29.2 Å². The number of carbonyl (C=O) groups is 4. The second kappa shape index (κ2) is 17.1. The number of aryl methyl sites for hydroxylation is 1. The van der Waals surface area contributed by atoms with Gasteiger partial charge in [-0.3, -0.25) is 19.1 Å². The molecule has 15 nitrogen and oxygen atoms in total. The second-order valence-corrected chi connectivity index (χ2v) is 22.2. The highest BCUT2D eigenvalue weighted by Crippen LogP contribution is 2.48. The predicted molar refractivity (Wildman–Crippen MR) is 235 cm³/mol. The van der Waals surface area contributed by atoms with Crippen LogP contribution in [-0.4, -0.2) is 92.7 Å². The summed E-state index contributed by atoms with van der Waals surface area (Å²) in [4.78, 5) is 72.7. The van der Waals surface area contributed by atoms with Crippen molar-refractivity contribution in [1.82, 2.24) is 35.2 Å². The molecule has 1 aromatic carbocycles. The van der Waals surface area contributed by atoms with Crippen LogP contribution in [0.3, 0.4) is 0 Å². The Morgan fingerprint density at radius 3 is 2.48 bits per heavy atom. The molecular weight excluding hydrogens is 831 g/mol. The standard InChI is InChI=1S/C45H59N7O8S2/c1-27-38(49-36-31(18-14-20-32(36)46-27)39-47-34(26-61-39)28-15-10-9-11-16-28)59-30-23-35-37(53)50-45(41(55)51-62(57,58)44(5)21-22-44)24-29(45)17-12-7-6-8-13-19-33(40(54)52(35)25-30)48-42(56)60-43(2,3)4/h12,14,17-18,20,26,28-30,33,35H,6-11,13,15-16,19,21-25H2,1-5H3,(H,48,56)(H,50,53)(H,51,55). The Balaban J connectivity index is 1.09. The van der Waals surface area contributed by atoms with E-state index in [0.717, 1.165) is 41.9 Å². The molecule has 3 saturated carbocycles. The maximum absolute atomic E-state index is 14.7. The van der Waals surface area contributed by atoms with Crippen LogP contribution in [0.4, 0.5) is 4.79 Å². The Kier molecular flexibility index (Phi) is 12.2. The molecule has 5 atom stereocenters. The fraction of sp³-hybridized carbons (Fsp3) is 0.622. The number of hydrogen-bond acceptors (Lipinski definition) is 12. The molecule has 62 heavy (non-hydrogen) atoms. The van der Waals surface area contributed by atoms with E-state index in [2.05, 4.69) is 20.7 Å². The Morgan fingerprint density at radius 2 is 1.74 bits per heavy atom. The normalized spacial score (nSPS) is 27.0. The van der Waals surface area contributed by atoms with Crippen molar-refractivity contribution < 1.29 is 37.1 Å². The SMILES string of the molecule is Cc1nc2cccc(-c3nc(C4CCCCC4)cs3)c2nc1OC1CC2C(=O)NC3(C(=O)NS(=O)(=O)C4(C)CC4)CC3C=CCCCCCC(NC(=O)OC(C)(C)C)C(=O)N2C1. The molecule has 0 radical (unpaired) electrons. The molecule has 0 bridgehead atoms. The van der Waals surface area contributed by atoms with E-state index in [4.69, 9.17) is 24.4 Å². The first-order valence-electron chi connectivity index (χ1n) is 22.2. The third kappa shape index (κ3) is 9.34. The zero-order valence-corrected chi connectivity index (χ0v) is 38.0. The lowest BCUT2D eigenvalue weighted by Gasteiger charge is -2.30. The summed E-state index contributed by atoms with van der Waals surface area (Å²) < 4.78 is 39.9. The summed E-state index contributed by atoms with van der Waals surface area (Å²) in [6.45, 7) is 8.57. The van der Waals surface area contributed by atoms with Gasteiger partial charge in [-0.15, -0.1) is 11.3 Å². The smallest absolute Gasteiger partial charge is 0.408 e. The number of amides is 4. The van der Waals surface area contributed by atoms with Gasteiger partial charge in [0.2, 0.25) is 27.7 Å². The Hall–Kier alpha value is -4.64. The van der Waals surface area contributed by atoms with Crippen LogP contribution in [0.15, 0.2) is 35.7 Å². The Morgan fingerprint density at radius 1 is 1.00 bits per heavy atom. The van der Waals surface area contributed by atoms with E-state index < -0.39 is 73.8 Å². The average molecular weight is 890 g/mol. The molecule has 4 heterocycles. The van der Waals surface area contributed by atoms with Gasteiger partial charge in [-0.1, -0.05) is 50.3 Å². The lowest BCUT2D eigenvalue weighted by atomic mass is 9.87. The lowest BCUT2D eigenvalue weighted by molar-refractivity contribution is -0.141. The molecule has 1 saturated heterocycles. The maximum Gasteiger partial charge on any atom is 0.408 e. The summed E-state index contributed by atoms with van der Waals surface area (Å²) in [5.41, 5.74) is 1.43. The number of nitrogens with zero attached hydrogens (tertiary/aromatic N) is 4. The number of para-hydroxylation sites is 1. The number of thiazole rings is 1. The van der Waals surface area contributed by atoms with Gasteiger partial charge in [0.05, 0.1) is 22.5 Å². The minimum Gasteiger partial charge on any atom is -0.471 e. The number of hydrogen-bond donors (Lipinski definition) is 3. The first kappa shape index (κ1) is 44.0. The third-order valence-electron chi connectivity index (χ3n) is 13.0. The monoisotopic (exact) mass is 889 g/mol. The van der Waals surface area contributed by atoms with Crippen molar-refractivity contribution in [3.8, 4) is 16.5 Å². The van der Waals surface area contributed by atoms with E-state index in [1.807, 2.05) is 30.4 Å². The lowest BCUT2D eigenvalue weighted by Crippen LogP contribution is -2.58. The molecule has 3 aliphatic carbocycles. The number of aromatic nitrogens is 3. The first-order valence-corrected chi connectivity index (χ1v) is 24.6. The Bertz CT molecular complexity index is 2370. The van der Waals surface area contributed by atoms with Crippen LogP contribution in [0, 0.1) is 12.8 Å². The van der Waals surface area contributed by atoms with E-state index in [1.165, 1.54) is 24.2 Å². The van der Waals surface area contributed by atoms with Crippen LogP contribution in [0.5, 0.6) is 5.88 Å². The van der Waals surface area contributed by atoms with Gasteiger partial charge in [0.25, 0.3) is 5.91 Å². The summed E-state index contributed by atoms with van der Waals surface area (Å²) in [6, 6.07) is 3.67. The van der Waals surface area contributed by atoms with Gasteiger partial charge in [0.1, 0.15) is 45.5 Å². The molecule has 17 heteroatoms. The van der Waals surface area contributed by atoms with Crippen molar-refractivity contribution in [3.63, 3.8) is 0 Å². The summed E-state index contributed by atoms with van der Waals surface area (Å²) in [6.07, 6.45) is 12.6. The van der Waals surface area contributed by atoms with Crippen molar-refractivity contribution in [2.45, 2.75) is 165 Å². The van der Waals surface area contributed by atoms with Gasteiger partial charge in [-0.25, -0.2) is 28.2 Å². The molecule has 4 fully saturated rings. The summed E-state index contributed by atoms with van der Waals surface area (Å²) in [7, 11) is -4.00. The molecule has 5 aliphatic rings. The van der Waals surface area contributed by atoms with E-state index in [-0.39, 0.29) is 25.3 Å². The van der Waals surface area contributed by atoms with Crippen LogP contribution >= 0.6 is 11.3 Å². The van der Waals surface area contributed by atoms with Crippen LogP contribution in [-0.2, 0) is 29.1 Å². The van der Waals surface area contributed by atoms with Gasteiger partial charge in [0.15, 0.2) is 0 Å². The summed E-state index contributed by atoms with van der Waals surface area (Å²) in [5.74, 6) is -1.66. The maximum atomic E-state index is 14.7. The van der Waals surface area contributed by atoms with Crippen LogP contribution in [0.25, 0.3) is 21.6 Å². The third-order valence-corrected chi connectivity index (χ3v) is 16.1. The Labute approximate surface area is 367 Å². The molecule has 2 aliphatic heterocycles. The highest BCUT2D eigenvalue weighted by molar-refractivity contribution is 7.91. The summed E-state index contributed by atoms with van der Waals surface area (Å²) >= 11 is 1.59. The van der Waals surface area contributed by atoms with Crippen LogP contribution in [0.1, 0.15) is 135 Å².